The van der Waals surface area contributed by atoms with Gasteiger partial charge in [0, 0.05) is 5.56 Å². The van der Waals surface area contributed by atoms with E-state index in [1.54, 1.807) is 0 Å². The molecule has 27 heavy (non-hydrogen) atoms. The molecule has 1 aliphatic heterocycles. The molecule has 1 aromatic rings. The summed E-state index contributed by atoms with van der Waals surface area (Å²) in [5.74, 6) is -0.736. The number of benzene rings is 1. The van der Waals surface area contributed by atoms with Crippen LogP contribution in [0.4, 0.5) is 4.79 Å². The summed E-state index contributed by atoms with van der Waals surface area (Å²) in [6.07, 6.45) is 2.69. The molecule has 0 aromatic heterocycles. The number of amides is 4. The fourth-order valence-corrected chi connectivity index (χ4v) is 4.18. The molecule has 0 unspecified atom stereocenters. The molecule has 0 bridgehead atoms. The van der Waals surface area contributed by atoms with E-state index in [1.165, 1.54) is 31.3 Å². The molecule has 3 N–H and O–H groups in total. The van der Waals surface area contributed by atoms with Crippen molar-refractivity contribution in [1.29, 1.82) is 0 Å². The fraction of sp³-hybridized carbons (Fsp3) is 0.471. The standard InChI is InChI=1S/C17H22N4O5S/c1-11-6-8-17(9-7-11)15(23)21(16(24)19-17)20-14(22)12-4-3-5-13(10-12)27(25,26)18-2/h3-5,10-11,18H,6-9H2,1-2H3,(H,19,24)(H,20,22). The molecule has 1 aromatic carbocycles. The second-order valence-electron chi connectivity index (χ2n) is 7.01. The van der Waals surface area contributed by atoms with Crippen molar-refractivity contribution in [3.05, 3.63) is 29.8 Å². The number of nitrogens with zero attached hydrogens (tertiary/aromatic N) is 1. The third-order valence-corrected chi connectivity index (χ3v) is 6.59. The third kappa shape index (κ3) is 3.54. The van der Waals surface area contributed by atoms with Crippen LogP contribution in [-0.2, 0) is 14.8 Å². The molecular formula is C17H22N4O5S. The van der Waals surface area contributed by atoms with Gasteiger partial charge >= 0.3 is 6.03 Å². The van der Waals surface area contributed by atoms with E-state index < -0.39 is 33.4 Å². The van der Waals surface area contributed by atoms with Crippen LogP contribution in [0.5, 0.6) is 0 Å². The number of imide groups is 1. The van der Waals surface area contributed by atoms with Crippen molar-refractivity contribution >= 4 is 27.9 Å². The highest BCUT2D eigenvalue weighted by molar-refractivity contribution is 7.89. The number of hydrogen-bond acceptors (Lipinski definition) is 5. The Kier molecular flexibility index (Phi) is 4.96. The van der Waals surface area contributed by atoms with Crippen LogP contribution in [0, 0.1) is 5.92 Å². The van der Waals surface area contributed by atoms with Gasteiger partial charge in [-0.2, -0.15) is 5.01 Å². The number of carbonyl (C=O) groups excluding carboxylic acids is 3. The SMILES string of the molecule is CNS(=O)(=O)c1cccc(C(=O)NN2C(=O)NC3(CCC(C)CC3)C2=O)c1. The summed E-state index contributed by atoms with van der Waals surface area (Å²) in [7, 11) is -2.46. The van der Waals surface area contributed by atoms with Gasteiger partial charge < -0.3 is 5.32 Å². The van der Waals surface area contributed by atoms with Crippen molar-refractivity contribution in [3.8, 4) is 0 Å². The first-order chi connectivity index (χ1) is 12.7. The first kappa shape index (κ1) is 19.3. The van der Waals surface area contributed by atoms with E-state index in [0.29, 0.717) is 23.8 Å². The van der Waals surface area contributed by atoms with Crippen LogP contribution in [0.25, 0.3) is 0 Å². The van der Waals surface area contributed by atoms with Crippen LogP contribution in [0.1, 0.15) is 43.0 Å². The Bertz CT molecular complexity index is 890. The van der Waals surface area contributed by atoms with Crippen LogP contribution in [0.2, 0.25) is 0 Å². The molecular weight excluding hydrogens is 372 g/mol. The normalized spacial score (nSPS) is 25.6. The van der Waals surface area contributed by atoms with E-state index in [4.69, 9.17) is 0 Å². The molecule has 4 amide bonds. The number of sulfonamides is 1. The first-order valence-corrected chi connectivity index (χ1v) is 10.2. The summed E-state index contributed by atoms with van der Waals surface area (Å²) in [6, 6.07) is 4.66. The summed E-state index contributed by atoms with van der Waals surface area (Å²) >= 11 is 0. The maximum Gasteiger partial charge on any atom is 0.344 e. The highest BCUT2D eigenvalue weighted by atomic mass is 32.2. The predicted octanol–water partition coefficient (Wildman–Crippen LogP) is 0.740. The second kappa shape index (κ2) is 6.93. The Morgan fingerprint density at radius 1 is 1.26 bits per heavy atom. The highest BCUT2D eigenvalue weighted by Crippen LogP contribution is 2.35. The van der Waals surface area contributed by atoms with Crippen molar-refractivity contribution in [2.45, 2.75) is 43.0 Å². The number of rotatable bonds is 4. The predicted molar refractivity (Wildman–Crippen MR) is 95.9 cm³/mol. The lowest BCUT2D eigenvalue weighted by Crippen LogP contribution is -2.51. The molecule has 2 fully saturated rings. The molecule has 146 valence electrons. The number of nitrogens with one attached hydrogen (secondary N) is 3. The number of urea groups is 1. The molecule has 0 radical (unpaired) electrons. The van der Waals surface area contributed by atoms with Crippen LogP contribution < -0.4 is 15.5 Å². The Labute approximate surface area is 157 Å². The zero-order valence-electron chi connectivity index (χ0n) is 15.1. The zero-order valence-corrected chi connectivity index (χ0v) is 15.9. The Balaban J connectivity index is 1.78. The summed E-state index contributed by atoms with van der Waals surface area (Å²) in [6.45, 7) is 2.10. The average molecular weight is 394 g/mol. The van der Waals surface area contributed by atoms with E-state index in [2.05, 4.69) is 22.4 Å². The lowest BCUT2D eigenvalue weighted by atomic mass is 9.77. The smallest absolute Gasteiger partial charge is 0.322 e. The van der Waals surface area contributed by atoms with E-state index in [0.717, 1.165) is 12.8 Å². The van der Waals surface area contributed by atoms with Gasteiger partial charge in [-0.15, -0.1) is 0 Å². The van der Waals surface area contributed by atoms with Crippen molar-refractivity contribution in [2.24, 2.45) is 5.92 Å². The summed E-state index contributed by atoms with van der Waals surface area (Å²) < 4.78 is 25.9. The fourth-order valence-electron chi connectivity index (χ4n) is 3.40. The van der Waals surface area contributed by atoms with Gasteiger partial charge in [0.15, 0.2) is 0 Å². The second-order valence-corrected chi connectivity index (χ2v) is 8.90. The summed E-state index contributed by atoms with van der Waals surface area (Å²) in [5, 5.41) is 3.40. The molecule has 1 heterocycles. The Hall–Kier alpha value is -2.46. The molecule has 2 aliphatic rings. The highest BCUT2D eigenvalue weighted by Gasteiger charge is 2.52. The molecule has 1 spiro atoms. The quantitative estimate of drug-likeness (QED) is 0.650. The minimum absolute atomic E-state index is 0.0186. The minimum atomic E-state index is -3.72. The van der Waals surface area contributed by atoms with Crippen molar-refractivity contribution in [1.82, 2.24) is 20.5 Å². The molecule has 10 heteroatoms. The van der Waals surface area contributed by atoms with Gasteiger partial charge in [0.1, 0.15) is 5.54 Å². The Morgan fingerprint density at radius 2 is 1.93 bits per heavy atom. The van der Waals surface area contributed by atoms with Gasteiger partial charge in [0.2, 0.25) is 10.0 Å². The zero-order chi connectivity index (χ0) is 19.8. The van der Waals surface area contributed by atoms with Gasteiger partial charge in [-0.25, -0.2) is 17.9 Å². The largest absolute Gasteiger partial charge is 0.344 e. The monoisotopic (exact) mass is 394 g/mol. The van der Waals surface area contributed by atoms with E-state index >= 15 is 0 Å². The molecule has 3 rings (SSSR count). The maximum absolute atomic E-state index is 12.8. The average Bonchev–Trinajstić information content (AvgIpc) is 2.88. The van der Waals surface area contributed by atoms with Gasteiger partial charge in [0.05, 0.1) is 4.90 Å². The van der Waals surface area contributed by atoms with Crippen LogP contribution in [0.3, 0.4) is 0 Å². The lowest BCUT2D eigenvalue weighted by Gasteiger charge is -2.33. The van der Waals surface area contributed by atoms with Gasteiger partial charge in [0.25, 0.3) is 11.8 Å². The van der Waals surface area contributed by atoms with Crippen molar-refractivity contribution in [2.75, 3.05) is 7.05 Å². The molecule has 1 saturated carbocycles. The molecule has 1 saturated heterocycles. The lowest BCUT2D eigenvalue weighted by molar-refractivity contribution is -0.134. The van der Waals surface area contributed by atoms with Crippen molar-refractivity contribution < 1.29 is 22.8 Å². The third-order valence-electron chi connectivity index (χ3n) is 5.18. The summed E-state index contributed by atoms with van der Waals surface area (Å²) in [5.41, 5.74) is 1.35. The number of hydrazine groups is 1. The minimum Gasteiger partial charge on any atom is -0.322 e. The van der Waals surface area contributed by atoms with E-state index in [1.807, 2.05) is 0 Å². The Morgan fingerprint density at radius 3 is 2.56 bits per heavy atom. The molecule has 1 aliphatic carbocycles. The van der Waals surface area contributed by atoms with E-state index in [9.17, 15) is 22.8 Å². The maximum atomic E-state index is 12.8. The van der Waals surface area contributed by atoms with Crippen LogP contribution >= 0.6 is 0 Å². The first-order valence-electron chi connectivity index (χ1n) is 8.70. The molecule has 9 nitrogen and oxygen atoms in total. The summed E-state index contributed by atoms with van der Waals surface area (Å²) in [4.78, 5) is 37.4. The van der Waals surface area contributed by atoms with Crippen LogP contribution in [-0.4, -0.2) is 43.9 Å². The molecule has 0 atom stereocenters. The van der Waals surface area contributed by atoms with Gasteiger partial charge in [-0.3, -0.25) is 15.0 Å². The van der Waals surface area contributed by atoms with Gasteiger partial charge in [-0.1, -0.05) is 13.0 Å². The van der Waals surface area contributed by atoms with Crippen LogP contribution in [0.15, 0.2) is 29.2 Å². The van der Waals surface area contributed by atoms with E-state index in [-0.39, 0.29) is 10.5 Å². The number of hydrogen-bond donors (Lipinski definition) is 3. The van der Waals surface area contributed by atoms with Crippen molar-refractivity contribution in [3.63, 3.8) is 0 Å². The number of carbonyl (C=O) groups is 3. The van der Waals surface area contributed by atoms with Gasteiger partial charge in [-0.05, 0) is 56.8 Å². The topological polar surface area (TPSA) is 125 Å².